The van der Waals surface area contributed by atoms with Gasteiger partial charge in [-0.05, 0) is 57.2 Å². The van der Waals surface area contributed by atoms with Gasteiger partial charge in [-0.15, -0.1) is 0 Å². The fourth-order valence-corrected chi connectivity index (χ4v) is 3.23. The molecule has 21 heavy (non-hydrogen) atoms. The van der Waals surface area contributed by atoms with Crippen LogP contribution in [0.2, 0.25) is 0 Å². The maximum atomic E-state index is 12.8. The average molecular weight is 294 g/mol. The van der Waals surface area contributed by atoms with Crippen molar-refractivity contribution in [1.29, 1.82) is 0 Å². The van der Waals surface area contributed by atoms with Crippen molar-refractivity contribution >= 4 is 0 Å². The van der Waals surface area contributed by atoms with Crippen LogP contribution in [0.15, 0.2) is 18.3 Å². The molecule has 1 unspecified atom stereocenters. The van der Waals surface area contributed by atoms with E-state index in [1.807, 2.05) is 0 Å². The Bertz CT molecular complexity index is 415. The van der Waals surface area contributed by atoms with E-state index in [-0.39, 0.29) is 5.82 Å². The topological polar surface area (TPSA) is 36.4 Å². The van der Waals surface area contributed by atoms with Crippen molar-refractivity contribution in [3.8, 4) is 0 Å². The first-order chi connectivity index (χ1) is 10.1. The number of aliphatic hydroxyl groups excluding tert-OH is 1. The fourth-order valence-electron chi connectivity index (χ4n) is 3.23. The smallest absolute Gasteiger partial charge is 0.141 e. The quantitative estimate of drug-likeness (QED) is 0.871. The van der Waals surface area contributed by atoms with E-state index in [0.29, 0.717) is 18.2 Å². The predicted molar refractivity (Wildman–Crippen MR) is 82.4 cm³/mol. The highest BCUT2D eigenvalue weighted by atomic mass is 19.1. The first-order valence-corrected chi connectivity index (χ1v) is 8.10. The Morgan fingerprint density at radius 3 is 2.62 bits per heavy atom. The van der Waals surface area contributed by atoms with Crippen molar-refractivity contribution in [1.82, 2.24) is 9.88 Å². The summed E-state index contributed by atoms with van der Waals surface area (Å²) in [4.78, 5) is 6.31. The molecule has 1 heterocycles. The summed E-state index contributed by atoms with van der Waals surface area (Å²) in [6.45, 7) is 3.13. The van der Waals surface area contributed by atoms with Gasteiger partial charge in [0.15, 0.2) is 0 Å². The second kappa shape index (κ2) is 7.85. The second-order valence-electron chi connectivity index (χ2n) is 6.27. The molecule has 1 aromatic heterocycles. The Hall–Kier alpha value is -1.00. The highest BCUT2D eigenvalue weighted by molar-refractivity contribution is 5.07. The molecule has 1 aliphatic rings. The SMILES string of the molecule is CCC1CCC(N(C)CCC(O)c2ccc(F)cn2)CC1. The van der Waals surface area contributed by atoms with Gasteiger partial charge in [0, 0.05) is 12.6 Å². The van der Waals surface area contributed by atoms with E-state index in [4.69, 9.17) is 0 Å². The highest BCUT2D eigenvalue weighted by Gasteiger charge is 2.23. The van der Waals surface area contributed by atoms with Crippen LogP contribution >= 0.6 is 0 Å². The van der Waals surface area contributed by atoms with Crippen molar-refractivity contribution < 1.29 is 9.50 Å². The van der Waals surface area contributed by atoms with Crippen LogP contribution < -0.4 is 0 Å². The lowest BCUT2D eigenvalue weighted by Gasteiger charge is -2.34. The van der Waals surface area contributed by atoms with Crippen LogP contribution in [0, 0.1) is 11.7 Å². The number of hydrogen-bond acceptors (Lipinski definition) is 3. The number of nitrogens with zero attached hydrogens (tertiary/aromatic N) is 2. The van der Waals surface area contributed by atoms with Gasteiger partial charge >= 0.3 is 0 Å². The molecule has 0 aliphatic heterocycles. The van der Waals surface area contributed by atoms with Crippen molar-refractivity contribution in [2.24, 2.45) is 5.92 Å². The lowest BCUT2D eigenvalue weighted by atomic mass is 9.84. The summed E-state index contributed by atoms with van der Waals surface area (Å²) < 4.78 is 12.8. The van der Waals surface area contributed by atoms with Gasteiger partial charge in [-0.1, -0.05) is 13.3 Å². The third kappa shape index (κ3) is 4.75. The number of rotatable bonds is 6. The molecule has 1 saturated carbocycles. The minimum Gasteiger partial charge on any atom is -0.387 e. The first-order valence-electron chi connectivity index (χ1n) is 8.10. The number of aliphatic hydroxyl groups is 1. The minimum absolute atomic E-state index is 0.365. The Kier molecular flexibility index (Phi) is 6.12. The number of halogens is 1. The van der Waals surface area contributed by atoms with Crippen LogP contribution in [0.4, 0.5) is 4.39 Å². The molecule has 118 valence electrons. The molecule has 1 N–H and O–H groups in total. The number of hydrogen-bond donors (Lipinski definition) is 1. The van der Waals surface area contributed by atoms with Gasteiger partial charge in [0.25, 0.3) is 0 Å². The van der Waals surface area contributed by atoms with Gasteiger partial charge in [0.1, 0.15) is 5.82 Å². The van der Waals surface area contributed by atoms with Crippen LogP contribution in [-0.2, 0) is 0 Å². The Morgan fingerprint density at radius 2 is 2.05 bits per heavy atom. The molecule has 4 heteroatoms. The monoisotopic (exact) mass is 294 g/mol. The summed E-state index contributed by atoms with van der Waals surface area (Å²) in [6, 6.07) is 3.55. The zero-order valence-electron chi connectivity index (χ0n) is 13.1. The van der Waals surface area contributed by atoms with Gasteiger partial charge in [0.2, 0.25) is 0 Å². The van der Waals surface area contributed by atoms with E-state index in [1.54, 1.807) is 6.07 Å². The lowest BCUT2D eigenvalue weighted by molar-refractivity contribution is 0.114. The van der Waals surface area contributed by atoms with Gasteiger partial charge in [0.05, 0.1) is 18.0 Å². The molecular weight excluding hydrogens is 267 g/mol. The first kappa shape index (κ1) is 16.4. The molecule has 1 fully saturated rings. The van der Waals surface area contributed by atoms with Gasteiger partial charge in [-0.2, -0.15) is 0 Å². The van der Waals surface area contributed by atoms with Crippen LogP contribution in [0.25, 0.3) is 0 Å². The highest BCUT2D eigenvalue weighted by Crippen LogP contribution is 2.29. The summed E-state index contributed by atoms with van der Waals surface area (Å²) in [5.74, 6) is 0.541. The van der Waals surface area contributed by atoms with Crippen LogP contribution in [0.5, 0.6) is 0 Å². The Morgan fingerprint density at radius 1 is 1.33 bits per heavy atom. The van der Waals surface area contributed by atoms with Gasteiger partial charge in [-0.25, -0.2) is 4.39 Å². The molecule has 0 spiro atoms. The molecular formula is C17H27FN2O. The van der Waals surface area contributed by atoms with E-state index in [9.17, 15) is 9.50 Å². The van der Waals surface area contributed by atoms with Crippen LogP contribution in [-0.4, -0.2) is 34.6 Å². The van der Waals surface area contributed by atoms with E-state index in [2.05, 4.69) is 23.9 Å². The number of aromatic nitrogens is 1. The molecule has 1 aromatic rings. The molecule has 3 nitrogen and oxygen atoms in total. The standard InChI is InChI=1S/C17H27FN2O/c1-3-13-4-7-15(8-5-13)20(2)11-10-17(21)16-9-6-14(18)12-19-16/h6,9,12-13,15,17,21H,3-5,7-8,10-11H2,1-2H3. The maximum absolute atomic E-state index is 12.8. The average Bonchev–Trinajstić information content (AvgIpc) is 2.53. The Labute approximate surface area is 127 Å². The molecule has 0 amide bonds. The molecule has 0 saturated heterocycles. The fraction of sp³-hybridized carbons (Fsp3) is 0.706. The summed E-state index contributed by atoms with van der Waals surface area (Å²) in [5, 5.41) is 10.1. The molecule has 0 bridgehead atoms. The largest absolute Gasteiger partial charge is 0.387 e. The van der Waals surface area contributed by atoms with E-state index in [1.165, 1.54) is 38.2 Å². The maximum Gasteiger partial charge on any atom is 0.141 e. The van der Waals surface area contributed by atoms with Crippen molar-refractivity contribution in [2.45, 2.75) is 57.6 Å². The van der Waals surface area contributed by atoms with Crippen LogP contribution in [0.3, 0.4) is 0 Å². The summed E-state index contributed by atoms with van der Waals surface area (Å²) in [5.41, 5.74) is 0.555. The predicted octanol–water partition coefficient (Wildman–Crippen LogP) is 3.54. The number of pyridine rings is 1. The summed E-state index contributed by atoms with van der Waals surface area (Å²) in [6.07, 6.45) is 7.67. The third-order valence-corrected chi connectivity index (χ3v) is 4.86. The Balaban J connectivity index is 1.76. The molecule has 1 aliphatic carbocycles. The molecule has 1 atom stereocenters. The normalized spacial score (nSPS) is 24.2. The van der Waals surface area contributed by atoms with Crippen LogP contribution in [0.1, 0.15) is 57.2 Å². The summed E-state index contributed by atoms with van der Waals surface area (Å²) >= 11 is 0. The second-order valence-corrected chi connectivity index (χ2v) is 6.27. The van der Waals surface area contributed by atoms with Crippen molar-refractivity contribution in [3.63, 3.8) is 0 Å². The zero-order chi connectivity index (χ0) is 15.2. The zero-order valence-corrected chi connectivity index (χ0v) is 13.1. The molecule has 0 radical (unpaired) electrons. The van der Waals surface area contributed by atoms with Crippen molar-refractivity contribution in [2.75, 3.05) is 13.6 Å². The van der Waals surface area contributed by atoms with E-state index in [0.717, 1.165) is 18.7 Å². The minimum atomic E-state index is -0.611. The third-order valence-electron chi connectivity index (χ3n) is 4.86. The molecule has 0 aromatic carbocycles. The summed E-state index contributed by atoms with van der Waals surface area (Å²) in [7, 11) is 2.14. The van der Waals surface area contributed by atoms with E-state index < -0.39 is 6.10 Å². The molecule has 2 rings (SSSR count). The van der Waals surface area contributed by atoms with Gasteiger partial charge in [-0.3, -0.25) is 4.98 Å². The lowest BCUT2D eigenvalue weighted by Crippen LogP contribution is -2.36. The van der Waals surface area contributed by atoms with E-state index >= 15 is 0 Å². The van der Waals surface area contributed by atoms with Crippen molar-refractivity contribution in [3.05, 3.63) is 29.8 Å². The van der Waals surface area contributed by atoms with Gasteiger partial charge < -0.3 is 10.0 Å².